The Kier molecular flexibility index (Phi) is 5.39. The highest BCUT2D eigenvalue weighted by atomic mass is 16.1. The van der Waals surface area contributed by atoms with Crippen molar-refractivity contribution in [3.05, 3.63) is 36.2 Å². The first-order valence-electron chi connectivity index (χ1n) is 7.02. The van der Waals surface area contributed by atoms with Crippen molar-refractivity contribution in [2.24, 2.45) is 5.73 Å². The highest BCUT2D eigenvalue weighted by molar-refractivity contribution is 5.73. The molecule has 7 nitrogen and oxygen atoms in total. The molecule has 1 aromatic carbocycles. The molecule has 3 N–H and O–H groups in total. The van der Waals surface area contributed by atoms with Gasteiger partial charge in [0.15, 0.2) is 0 Å². The van der Waals surface area contributed by atoms with E-state index in [2.05, 4.69) is 39.9 Å². The first kappa shape index (κ1) is 15.1. The Bertz CT molecular complexity index is 569. The third-order valence-corrected chi connectivity index (χ3v) is 3.28. The van der Waals surface area contributed by atoms with Crippen LogP contribution in [0.25, 0.3) is 5.69 Å². The van der Waals surface area contributed by atoms with E-state index in [1.54, 1.807) is 11.0 Å². The number of primary amides is 1. The molecule has 0 saturated heterocycles. The minimum absolute atomic E-state index is 0.218. The number of nitrogens with zero attached hydrogens (tertiary/aromatic N) is 4. The van der Waals surface area contributed by atoms with E-state index in [1.165, 1.54) is 0 Å². The van der Waals surface area contributed by atoms with E-state index in [0.717, 1.165) is 30.6 Å². The Morgan fingerprint density at radius 3 is 3.00 bits per heavy atom. The maximum Gasteiger partial charge on any atom is 0.217 e. The third-order valence-electron chi connectivity index (χ3n) is 3.28. The summed E-state index contributed by atoms with van der Waals surface area (Å²) in [6.45, 7) is 2.95. The zero-order valence-electron chi connectivity index (χ0n) is 12.1. The second-order valence-electron chi connectivity index (χ2n) is 4.95. The van der Waals surface area contributed by atoms with Crippen LogP contribution in [0.2, 0.25) is 0 Å². The van der Waals surface area contributed by atoms with Gasteiger partial charge >= 0.3 is 0 Å². The van der Waals surface area contributed by atoms with Crippen LogP contribution in [0.5, 0.6) is 0 Å². The van der Waals surface area contributed by atoms with Crippen molar-refractivity contribution >= 4 is 5.91 Å². The molecule has 2 aromatic rings. The maximum atomic E-state index is 10.7. The average molecular weight is 288 g/mol. The fourth-order valence-electron chi connectivity index (χ4n) is 2.08. The standard InChI is InChI=1S/C14H20N6O/c1-11(16-8-3-2-7-14(15)21)12-5-4-6-13(9-12)20-10-17-18-19-20/h4-6,9-11,16H,2-3,7-8H2,1H3,(H2,15,21). The Balaban J connectivity index is 1.86. The number of hydrogen-bond acceptors (Lipinski definition) is 5. The first-order chi connectivity index (χ1) is 10.2. The van der Waals surface area contributed by atoms with Crippen LogP contribution in [-0.4, -0.2) is 32.7 Å². The first-order valence-corrected chi connectivity index (χ1v) is 7.02. The molecule has 0 bridgehead atoms. The maximum absolute atomic E-state index is 10.7. The van der Waals surface area contributed by atoms with Gasteiger partial charge in [-0.25, -0.2) is 4.68 Å². The van der Waals surface area contributed by atoms with Crippen LogP contribution in [0.3, 0.4) is 0 Å². The van der Waals surface area contributed by atoms with Crippen molar-refractivity contribution in [2.45, 2.75) is 32.2 Å². The van der Waals surface area contributed by atoms with E-state index in [1.807, 2.05) is 12.1 Å². The fraction of sp³-hybridized carbons (Fsp3) is 0.429. The van der Waals surface area contributed by atoms with Crippen molar-refractivity contribution in [1.29, 1.82) is 0 Å². The number of carbonyl (C=O) groups is 1. The molecule has 1 amide bonds. The summed E-state index contributed by atoms with van der Waals surface area (Å²) in [5.74, 6) is -0.239. The molecule has 1 heterocycles. The number of hydrogen-bond donors (Lipinski definition) is 2. The van der Waals surface area contributed by atoms with E-state index in [-0.39, 0.29) is 11.9 Å². The van der Waals surface area contributed by atoms with Gasteiger partial charge in [0.05, 0.1) is 5.69 Å². The van der Waals surface area contributed by atoms with Crippen LogP contribution >= 0.6 is 0 Å². The van der Waals surface area contributed by atoms with E-state index in [9.17, 15) is 4.79 Å². The smallest absolute Gasteiger partial charge is 0.217 e. The molecule has 21 heavy (non-hydrogen) atoms. The number of nitrogens with one attached hydrogen (secondary N) is 1. The molecular weight excluding hydrogens is 268 g/mol. The van der Waals surface area contributed by atoms with Gasteiger partial charge in [-0.05, 0) is 54.4 Å². The van der Waals surface area contributed by atoms with Crippen molar-refractivity contribution < 1.29 is 4.79 Å². The van der Waals surface area contributed by atoms with Crippen molar-refractivity contribution in [3.63, 3.8) is 0 Å². The van der Waals surface area contributed by atoms with Crippen LogP contribution in [0, 0.1) is 0 Å². The van der Waals surface area contributed by atoms with E-state index >= 15 is 0 Å². The molecule has 7 heteroatoms. The van der Waals surface area contributed by atoms with Crippen LogP contribution in [-0.2, 0) is 4.79 Å². The summed E-state index contributed by atoms with van der Waals surface area (Å²) in [4.78, 5) is 10.7. The second-order valence-corrected chi connectivity index (χ2v) is 4.95. The van der Waals surface area contributed by atoms with Gasteiger partial charge < -0.3 is 11.1 Å². The third kappa shape index (κ3) is 4.64. The van der Waals surface area contributed by atoms with Gasteiger partial charge in [0, 0.05) is 12.5 Å². The lowest BCUT2D eigenvalue weighted by molar-refractivity contribution is -0.118. The quantitative estimate of drug-likeness (QED) is 0.705. The summed E-state index contributed by atoms with van der Waals surface area (Å²) in [5.41, 5.74) is 7.21. The SMILES string of the molecule is CC(NCCCCC(N)=O)c1cccc(-n2cnnn2)c1. The molecule has 0 saturated carbocycles. The molecule has 0 fully saturated rings. The van der Waals surface area contributed by atoms with Gasteiger partial charge in [-0.15, -0.1) is 5.10 Å². The molecule has 1 atom stereocenters. The van der Waals surface area contributed by atoms with Crippen LogP contribution in [0.15, 0.2) is 30.6 Å². The van der Waals surface area contributed by atoms with E-state index in [4.69, 9.17) is 5.73 Å². The van der Waals surface area contributed by atoms with Gasteiger partial charge in [-0.3, -0.25) is 4.79 Å². The number of benzene rings is 1. The van der Waals surface area contributed by atoms with Gasteiger partial charge in [0.2, 0.25) is 5.91 Å². The molecule has 1 aromatic heterocycles. The molecule has 0 aliphatic heterocycles. The predicted molar refractivity (Wildman–Crippen MR) is 78.6 cm³/mol. The molecule has 0 spiro atoms. The van der Waals surface area contributed by atoms with Gasteiger partial charge in [0.1, 0.15) is 6.33 Å². The fourth-order valence-corrected chi connectivity index (χ4v) is 2.08. The summed E-state index contributed by atoms with van der Waals surface area (Å²) in [6, 6.07) is 8.28. The molecule has 112 valence electrons. The minimum atomic E-state index is -0.239. The monoisotopic (exact) mass is 288 g/mol. The lowest BCUT2D eigenvalue weighted by Crippen LogP contribution is -2.20. The predicted octanol–water partition coefficient (Wildman–Crippen LogP) is 0.968. The average Bonchev–Trinajstić information content (AvgIpc) is 3.01. The largest absolute Gasteiger partial charge is 0.370 e. The summed E-state index contributed by atoms with van der Waals surface area (Å²) in [5, 5.41) is 14.6. The van der Waals surface area contributed by atoms with Crippen molar-refractivity contribution in [3.8, 4) is 5.69 Å². The number of unbranched alkanes of at least 4 members (excludes halogenated alkanes) is 1. The lowest BCUT2D eigenvalue weighted by atomic mass is 10.1. The number of tetrazole rings is 1. The van der Waals surface area contributed by atoms with Gasteiger partial charge in [-0.2, -0.15) is 0 Å². The van der Waals surface area contributed by atoms with Crippen molar-refractivity contribution in [2.75, 3.05) is 6.54 Å². The van der Waals surface area contributed by atoms with Gasteiger partial charge in [-0.1, -0.05) is 12.1 Å². The Hall–Kier alpha value is -2.28. The topological polar surface area (TPSA) is 98.7 Å². The number of rotatable bonds is 8. The summed E-state index contributed by atoms with van der Waals surface area (Å²) < 4.78 is 1.63. The molecule has 0 aliphatic carbocycles. The molecule has 0 radical (unpaired) electrons. The molecular formula is C14H20N6O. The van der Waals surface area contributed by atoms with E-state index in [0.29, 0.717) is 6.42 Å². The summed E-state index contributed by atoms with van der Waals surface area (Å²) in [7, 11) is 0. The second kappa shape index (κ2) is 7.49. The number of carbonyl (C=O) groups excluding carboxylic acids is 1. The van der Waals surface area contributed by atoms with Crippen LogP contribution in [0.1, 0.15) is 37.8 Å². The number of aromatic nitrogens is 4. The normalized spacial score (nSPS) is 12.2. The Morgan fingerprint density at radius 2 is 2.29 bits per heavy atom. The molecule has 2 rings (SSSR count). The minimum Gasteiger partial charge on any atom is -0.370 e. The van der Waals surface area contributed by atoms with Crippen LogP contribution < -0.4 is 11.1 Å². The zero-order valence-corrected chi connectivity index (χ0v) is 12.1. The zero-order chi connectivity index (χ0) is 15.1. The molecule has 0 aliphatic rings. The van der Waals surface area contributed by atoms with Gasteiger partial charge in [0.25, 0.3) is 0 Å². The summed E-state index contributed by atoms with van der Waals surface area (Å²) in [6.07, 6.45) is 3.77. The van der Waals surface area contributed by atoms with E-state index < -0.39 is 0 Å². The Morgan fingerprint density at radius 1 is 1.43 bits per heavy atom. The highest BCUT2D eigenvalue weighted by Crippen LogP contribution is 2.16. The van der Waals surface area contributed by atoms with Crippen LogP contribution in [0.4, 0.5) is 0 Å². The van der Waals surface area contributed by atoms with Crippen molar-refractivity contribution in [1.82, 2.24) is 25.5 Å². The number of nitrogens with two attached hydrogens (primary N) is 1. The highest BCUT2D eigenvalue weighted by Gasteiger charge is 2.06. The number of amides is 1. The molecule has 1 unspecified atom stereocenters. The lowest BCUT2D eigenvalue weighted by Gasteiger charge is -2.15. The summed E-state index contributed by atoms with van der Waals surface area (Å²) >= 11 is 0. The Labute approximate surface area is 123 Å².